The van der Waals surface area contributed by atoms with Crippen molar-refractivity contribution in [3.63, 3.8) is 0 Å². The van der Waals surface area contributed by atoms with Gasteiger partial charge in [-0.2, -0.15) is 0 Å². The van der Waals surface area contributed by atoms with Crippen LogP contribution in [0.5, 0.6) is 5.75 Å². The molecule has 0 saturated carbocycles. The number of hydrogen-bond acceptors (Lipinski definition) is 2. The second kappa shape index (κ2) is 12.1. The van der Waals surface area contributed by atoms with Crippen LogP contribution >= 0.6 is 12.2 Å². The quantitative estimate of drug-likeness (QED) is 0.486. The Balaban J connectivity index is 2.69. The number of nitrogens with one attached hydrogen (secondary N) is 3. The van der Waals surface area contributed by atoms with Crippen LogP contribution in [0.25, 0.3) is 0 Å². The van der Waals surface area contributed by atoms with Crippen molar-refractivity contribution in [1.29, 1.82) is 0 Å². The average Bonchev–Trinajstić information content (AvgIpc) is 2.54. The molecule has 0 amide bonds. The van der Waals surface area contributed by atoms with Crippen molar-refractivity contribution in [2.24, 2.45) is 0 Å². The van der Waals surface area contributed by atoms with E-state index in [1.54, 1.807) is 0 Å². The molecule has 0 aliphatic heterocycles. The predicted octanol–water partition coefficient (Wildman–Crippen LogP) is 0.153. The van der Waals surface area contributed by atoms with Crippen molar-refractivity contribution in [3.8, 4) is 5.75 Å². The van der Waals surface area contributed by atoms with Gasteiger partial charge in [-0.1, -0.05) is 12.1 Å². The summed E-state index contributed by atoms with van der Waals surface area (Å²) in [5.41, 5.74) is 0.941. The lowest BCUT2D eigenvalue weighted by molar-refractivity contribution is -0.858. The Morgan fingerprint density at radius 2 is 1.60 bits per heavy atom. The van der Waals surface area contributed by atoms with Crippen LogP contribution in [0, 0.1) is 0 Å². The van der Waals surface area contributed by atoms with E-state index in [2.05, 4.69) is 38.4 Å². The molecule has 5 nitrogen and oxygen atoms in total. The zero-order valence-corrected chi connectivity index (χ0v) is 17.3. The number of anilines is 1. The normalized spacial score (nSPS) is 11.0. The van der Waals surface area contributed by atoms with Gasteiger partial charge in [0.05, 0.1) is 53.6 Å². The molecule has 1 aromatic rings. The highest BCUT2D eigenvalue weighted by atomic mass is 32.1. The lowest BCUT2D eigenvalue weighted by atomic mass is 10.3. The highest BCUT2D eigenvalue weighted by Crippen LogP contribution is 2.24. The summed E-state index contributed by atoms with van der Waals surface area (Å²) in [7, 11) is 8.76. The van der Waals surface area contributed by atoms with E-state index >= 15 is 0 Å². The van der Waals surface area contributed by atoms with Crippen LogP contribution in [0.1, 0.15) is 19.8 Å². The van der Waals surface area contributed by atoms with Crippen molar-refractivity contribution >= 4 is 23.0 Å². The van der Waals surface area contributed by atoms with Gasteiger partial charge in [-0.3, -0.25) is 0 Å². The average molecular weight is 369 g/mol. The first kappa shape index (κ1) is 21.7. The molecule has 142 valence electrons. The first-order valence-corrected chi connectivity index (χ1v) is 9.70. The molecule has 0 atom stereocenters. The zero-order chi connectivity index (χ0) is 18.7. The minimum absolute atomic E-state index is 0.645. The van der Waals surface area contributed by atoms with Crippen molar-refractivity contribution in [2.45, 2.75) is 19.8 Å². The summed E-state index contributed by atoms with van der Waals surface area (Å²) in [5, 5.41) is 4.18. The van der Waals surface area contributed by atoms with Gasteiger partial charge in [0.1, 0.15) is 5.75 Å². The Hall–Kier alpha value is -1.37. The molecule has 0 saturated heterocycles. The van der Waals surface area contributed by atoms with Gasteiger partial charge in [-0.05, 0) is 31.3 Å². The van der Waals surface area contributed by atoms with E-state index in [0.717, 1.165) is 55.6 Å². The van der Waals surface area contributed by atoms with Gasteiger partial charge in [0.15, 0.2) is 5.11 Å². The topological polar surface area (TPSA) is 33.4 Å². The SMILES string of the molecule is CCOc1ccccc1NC(=S)N(CCC[NH+](C)C)CCC[NH+](C)C. The van der Waals surface area contributed by atoms with E-state index in [-0.39, 0.29) is 0 Å². The third-order valence-corrected chi connectivity index (χ3v) is 4.29. The number of ether oxygens (including phenoxy) is 1. The number of benzene rings is 1. The molecule has 0 aliphatic rings. The predicted molar refractivity (Wildman–Crippen MR) is 110 cm³/mol. The Kier molecular flexibility index (Phi) is 10.5. The van der Waals surface area contributed by atoms with Crippen LogP contribution in [0.15, 0.2) is 24.3 Å². The van der Waals surface area contributed by atoms with E-state index < -0.39 is 0 Å². The van der Waals surface area contributed by atoms with Crippen molar-refractivity contribution in [1.82, 2.24) is 4.90 Å². The Morgan fingerprint density at radius 1 is 1.04 bits per heavy atom. The van der Waals surface area contributed by atoms with Gasteiger partial charge < -0.3 is 24.8 Å². The fraction of sp³-hybridized carbons (Fsp3) is 0.632. The molecule has 3 N–H and O–H groups in total. The second-order valence-electron chi connectivity index (χ2n) is 6.97. The third-order valence-electron chi connectivity index (χ3n) is 3.93. The van der Waals surface area contributed by atoms with Gasteiger partial charge in [0.25, 0.3) is 0 Å². The second-order valence-corrected chi connectivity index (χ2v) is 7.35. The van der Waals surface area contributed by atoms with Crippen molar-refractivity contribution in [2.75, 3.05) is 66.3 Å². The largest absolute Gasteiger partial charge is 0.492 e. The molecule has 0 radical (unpaired) electrons. The van der Waals surface area contributed by atoms with Crippen LogP contribution in [0.3, 0.4) is 0 Å². The molecule has 6 heteroatoms. The van der Waals surface area contributed by atoms with Gasteiger partial charge >= 0.3 is 0 Å². The molecular weight excluding hydrogens is 332 g/mol. The first-order chi connectivity index (χ1) is 11.9. The lowest BCUT2D eigenvalue weighted by Gasteiger charge is -2.27. The molecule has 0 aromatic heterocycles. The summed E-state index contributed by atoms with van der Waals surface area (Å²) in [5.74, 6) is 0.850. The highest BCUT2D eigenvalue weighted by molar-refractivity contribution is 7.80. The summed E-state index contributed by atoms with van der Waals surface area (Å²) >= 11 is 5.70. The number of thiocarbonyl (C=S) groups is 1. The van der Waals surface area contributed by atoms with E-state index in [9.17, 15) is 0 Å². The van der Waals surface area contributed by atoms with Crippen LogP contribution in [0.2, 0.25) is 0 Å². The fourth-order valence-corrected chi connectivity index (χ4v) is 2.90. The number of nitrogens with zero attached hydrogens (tertiary/aromatic N) is 1. The van der Waals surface area contributed by atoms with Gasteiger partial charge in [0, 0.05) is 25.9 Å². The summed E-state index contributed by atoms with van der Waals surface area (Å²) in [6.45, 7) is 6.90. The van der Waals surface area contributed by atoms with E-state index in [1.807, 2.05) is 31.2 Å². The maximum Gasteiger partial charge on any atom is 0.173 e. The molecule has 1 rings (SSSR count). The molecule has 1 aromatic carbocycles. The van der Waals surface area contributed by atoms with Crippen LogP contribution in [-0.4, -0.2) is 71.0 Å². The lowest BCUT2D eigenvalue weighted by Crippen LogP contribution is -3.05. The third kappa shape index (κ3) is 9.05. The highest BCUT2D eigenvalue weighted by Gasteiger charge is 2.13. The van der Waals surface area contributed by atoms with E-state index in [0.29, 0.717) is 6.61 Å². The number of para-hydroxylation sites is 2. The molecule has 0 bridgehead atoms. The first-order valence-electron chi connectivity index (χ1n) is 9.29. The number of rotatable bonds is 11. The summed E-state index contributed by atoms with van der Waals surface area (Å²) in [4.78, 5) is 5.24. The van der Waals surface area contributed by atoms with Crippen molar-refractivity contribution in [3.05, 3.63) is 24.3 Å². The molecule has 0 aliphatic carbocycles. The number of hydrogen-bond donors (Lipinski definition) is 3. The monoisotopic (exact) mass is 368 g/mol. The van der Waals surface area contributed by atoms with Crippen molar-refractivity contribution < 1.29 is 14.5 Å². The van der Waals surface area contributed by atoms with Crippen LogP contribution in [0.4, 0.5) is 5.69 Å². The molecule has 0 unspecified atom stereocenters. The minimum Gasteiger partial charge on any atom is -0.492 e. The molecule has 25 heavy (non-hydrogen) atoms. The molecular formula is C19H36N4OS+2. The van der Waals surface area contributed by atoms with Gasteiger partial charge in [-0.25, -0.2) is 0 Å². The smallest absolute Gasteiger partial charge is 0.173 e. The maximum atomic E-state index is 5.70. The Morgan fingerprint density at radius 3 is 2.12 bits per heavy atom. The van der Waals surface area contributed by atoms with E-state index in [4.69, 9.17) is 17.0 Å². The maximum absolute atomic E-state index is 5.70. The molecule has 0 spiro atoms. The Bertz CT molecular complexity index is 494. The summed E-state index contributed by atoms with van der Waals surface area (Å²) < 4.78 is 5.70. The summed E-state index contributed by atoms with van der Waals surface area (Å²) in [6, 6.07) is 7.98. The minimum atomic E-state index is 0.645. The van der Waals surface area contributed by atoms with Gasteiger partial charge in [0.2, 0.25) is 0 Å². The van der Waals surface area contributed by atoms with Crippen LogP contribution in [-0.2, 0) is 0 Å². The van der Waals surface area contributed by atoms with Crippen LogP contribution < -0.4 is 19.9 Å². The van der Waals surface area contributed by atoms with E-state index in [1.165, 1.54) is 9.80 Å². The molecule has 0 fully saturated rings. The number of quaternary nitrogens is 2. The van der Waals surface area contributed by atoms with Gasteiger partial charge in [-0.15, -0.1) is 0 Å². The standard InChI is InChI=1S/C19H34N4OS/c1-6-24-18-12-8-7-11-17(18)20-19(25)23(15-9-13-21(2)3)16-10-14-22(4)5/h7-8,11-12H,6,9-10,13-16H2,1-5H3,(H,20,25)/p+2. The summed E-state index contributed by atoms with van der Waals surface area (Å²) in [6.07, 6.45) is 2.26. The fourth-order valence-electron chi connectivity index (χ4n) is 2.61. The zero-order valence-electron chi connectivity index (χ0n) is 16.5. The molecule has 0 heterocycles. The Labute approximate surface area is 158 Å².